The highest BCUT2D eigenvalue weighted by Gasteiger charge is 2.19. The van der Waals surface area contributed by atoms with Crippen molar-refractivity contribution in [3.05, 3.63) is 64.9 Å². The van der Waals surface area contributed by atoms with Crippen LogP contribution in [-0.4, -0.2) is 38.9 Å². The summed E-state index contributed by atoms with van der Waals surface area (Å²) in [5, 5.41) is 14.7. The minimum absolute atomic E-state index is 0.157. The van der Waals surface area contributed by atoms with E-state index in [-0.39, 0.29) is 18.4 Å². The summed E-state index contributed by atoms with van der Waals surface area (Å²) in [5.74, 6) is 0.902. The predicted molar refractivity (Wildman–Crippen MR) is 121 cm³/mol. The zero-order valence-electron chi connectivity index (χ0n) is 17.3. The Hall–Kier alpha value is -3.04. The second-order valence-corrected chi connectivity index (χ2v) is 8.37. The van der Waals surface area contributed by atoms with E-state index < -0.39 is 5.25 Å². The highest BCUT2D eigenvalue weighted by molar-refractivity contribution is 8.00. The summed E-state index contributed by atoms with van der Waals surface area (Å²) >= 11 is 7.13. The summed E-state index contributed by atoms with van der Waals surface area (Å²) in [4.78, 5) is 24.7. The van der Waals surface area contributed by atoms with Crippen LogP contribution >= 0.6 is 23.4 Å². The van der Waals surface area contributed by atoms with Gasteiger partial charge < -0.3 is 19.9 Å². The smallest absolute Gasteiger partial charge is 0.251 e. The fraction of sp³-hybridized carbons (Fsp3) is 0.238. The van der Waals surface area contributed by atoms with E-state index in [1.54, 1.807) is 74.2 Å². The van der Waals surface area contributed by atoms with Gasteiger partial charge in [-0.25, -0.2) is 0 Å². The molecule has 1 heterocycles. The average Bonchev–Trinajstić information content (AvgIpc) is 3.12. The van der Waals surface area contributed by atoms with Crippen LogP contribution in [0.15, 0.2) is 53.7 Å². The van der Waals surface area contributed by atoms with Crippen molar-refractivity contribution in [2.45, 2.75) is 23.9 Å². The Morgan fingerprint density at radius 1 is 1.13 bits per heavy atom. The minimum Gasteiger partial charge on any atom is -0.497 e. The third-order valence-electron chi connectivity index (χ3n) is 4.45. The summed E-state index contributed by atoms with van der Waals surface area (Å²) in [6.07, 6.45) is 0. The van der Waals surface area contributed by atoms with Crippen LogP contribution in [0.2, 0.25) is 5.02 Å². The fourth-order valence-corrected chi connectivity index (χ4v) is 3.55. The number of benzene rings is 2. The molecule has 31 heavy (non-hydrogen) atoms. The van der Waals surface area contributed by atoms with Gasteiger partial charge in [0, 0.05) is 23.3 Å². The van der Waals surface area contributed by atoms with E-state index in [0.29, 0.717) is 27.3 Å². The molecule has 162 valence electrons. The number of halogens is 1. The van der Waals surface area contributed by atoms with Crippen LogP contribution in [0.4, 0.5) is 5.69 Å². The van der Waals surface area contributed by atoms with E-state index in [9.17, 15) is 9.59 Å². The van der Waals surface area contributed by atoms with E-state index in [4.69, 9.17) is 16.3 Å². The number of methoxy groups -OCH3 is 1. The maximum atomic E-state index is 12.5. The lowest BCUT2D eigenvalue weighted by molar-refractivity contribution is -0.115. The van der Waals surface area contributed by atoms with Crippen LogP contribution in [-0.2, 0) is 18.4 Å². The molecule has 2 aromatic carbocycles. The molecular weight excluding hydrogens is 438 g/mol. The Kier molecular flexibility index (Phi) is 7.54. The van der Waals surface area contributed by atoms with Crippen molar-refractivity contribution in [1.29, 1.82) is 0 Å². The topological polar surface area (TPSA) is 98.1 Å². The molecule has 0 fully saturated rings. The predicted octanol–water partition coefficient (Wildman–Crippen LogP) is 3.53. The Morgan fingerprint density at radius 3 is 2.45 bits per heavy atom. The Morgan fingerprint density at radius 2 is 1.81 bits per heavy atom. The Labute approximate surface area is 189 Å². The summed E-state index contributed by atoms with van der Waals surface area (Å²) in [5.41, 5.74) is 1.19. The number of anilines is 1. The zero-order chi connectivity index (χ0) is 22.4. The molecule has 0 spiro atoms. The van der Waals surface area contributed by atoms with Crippen LogP contribution in [0.5, 0.6) is 5.75 Å². The lowest BCUT2D eigenvalue weighted by atomic mass is 10.2. The first-order valence-corrected chi connectivity index (χ1v) is 10.7. The molecule has 0 aliphatic heterocycles. The summed E-state index contributed by atoms with van der Waals surface area (Å²) in [7, 11) is 3.38. The van der Waals surface area contributed by atoms with Gasteiger partial charge in [-0.2, -0.15) is 0 Å². The number of thioether (sulfide) groups is 1. The number of nitrogens with one attached hydrogen (secondary N) is 2. The van der Waals surface area contributed by atoms with Crippen LogP contribution in [0.1, 0.15) is 23.1 Å². The van der Waals surface area contributed by atoms with Crippen molar-refractivity contribution in [1.82, 2.24) is 20.1 Å². The number of amides is 2. The van der Waals surface area contributed by atoms with Crippen molar-refractivity contribution in [2.24, 2.45) is 7.05 Å². The van der Waals surface area contributed by atoms with Gasteiger partial charge in [-0.1, -0.05) is 23.4 Å². The number of hydrogen-bond acceptors (Lipinski definition) is 6. The fourth-order valence-electron chi connectivity index (χ4n) is 2.59. The number of nitrogens with zero attached hydrogens (tertiary/aromatic N) is 3. The lowest BCUT2D eigenvalue weighted by Crippen LogP contribution is -2.24. The van der Waals surface area contributed by atoms with Crippen molar-refractivity contribution in [3.8, 4) is 5.75 Å². The van der Waals surface area contributed by atoms with Gasteiger partial charge in [0.2, 0.25) is 5.91 Å². The second kappa shape index (κ2) is 10.3. The highest BCUT2D eigenvalue weighted by atomic mass is 35.5. The number of ether oxygens (including phenoxy) is 1. The molecule has 3 rings (SSSR count). The van der Waals surface area contributed by atoms with Crippen LogP contribution in [0, 0.1) is 0 Å². The van der Waals surface area contributed by atoms with Gasteiger partial charge in [0.25, 0.3) is 5.91 Å². The molecular formula is C21H22ClN5O3S. The van der Waals surface area contributed by atoms with E-state index in [1.165, 1.54) is 11.8 Å². The lowest BCUT2D eigenvalue weighted by Gasteiger charge is -2.12. The van der Waals surface area contributed by atoms with E-state index >= 15 is 0 Å². The SMILES string of the molecule is COc1ccc(NC(=O)C(C)Sc2nnc(CNC(=O)c3ccc(Cl)cc3)n2C)cc1. The minimum atomic E-state index is -0.401. The van der Waals surface area contributed by atoms with Gasteiger partial charge >= 0.3 is 0 Å². The number of carbonyl (C=O) groups is 2. The maximum Gasteiger partial charge on any atom is 0.251 e. The summed E-state index contributed by atoms with van der Waals surface area (Å²) in [6, 6.07) is 13.7. The van der Waals surface area contributed by atoms with Gasteiger partial charge in [0.15, 0.2) is 11.0 Å². The van der Waals surface area contributed by atoms with Crippen molar-refractivity contribution in [2.75, 3.05) is 12.4 Å². The summed E-state index contributed by atoms with van der Waals surface area (Å²) < 4.78 is 6.87. The van der Waals surface area contributed by atoms with Gasteiger partial charge in [-0.3, -0.25) is 9.59 Å². The second-order valence-electron chi connectivity index (χ2n) is 6.63. The normalized spacial score (nSPS) is 11.6. The monoisotopic (exact) mass is 459 g/mol. The molecule has 8 nitrogen and oxygen atoms in total. The van der Waals surface area contributed by atoms with Crippen molar-refractivity contribution in [3.63, 3.8) is 0 Å². The first-order valence-electron chi connectivity index (χ1n) is 9.41. The molecule has 1 unspecified atom stereocenters. The van der Waals surface area contributed by atoms with Gasteiger partial charge in [0.1, 0.15) is 5.75 Å². The molecule has 0 saturated carbocycles. The first-order chi connectivity index (χ1) is 14.9. The molecule has 0 bridgehead atoms. The quantitative estimate of drug-likeness (QED) is 0.500. The standard InChI is InChI=1S/C21H22ClN5O3S/c1-13(19(28)24-16-8-10-17(30-3)11-9-16)31-21-26-25-18(27(21)2)12-23-20(29)14-4-6-15(22)7-5-14/h4-11,13H,12H2,1-3H3,(H,23,29)(H,24,28). The first kappa shape index (κ1) is 22.6. The molecule has 10 heteroatoms. The molecule has 2 N–H and O–H groups in total. The van der Waals surface area contributed by atoms with E-state index in [0.717, 1.165) is 5.75 Å². The number of carbonyl (C=O) groups excluding carboxylic acids is 2. The molecule has 1 aromatic heterocycles. The highest BCUT2D eigenvalue weighted by Crippen LogP contribution is 2.23. The van der Waals surface area contributed by atoms with Gasteiger partial charge in [-0.15, -0.1) is 10.2 Å². The largest absolute Gasteiger partial charge is 0.497 e. The Bertz CT molecular complexity index is 1050. The molecule has 0 aliphatic carbocycles. The third kappa shape index (κ3) is 5.99. The van der Waals surface area contributed by atoms with Crippen molar-refractivity contribution < 1.29 is 14.3 Å². The molecule has 1 atom stereocenters. The van der Waals surface area contributed by atoms with Gasteiger partial charge in [-0.05, 0) is 55.5 Å². The number of hydrogen-bond donors (Lipinski definition) is 2. The molecule has 0 radical (unpaired) electrons. The van der Waals surface area contributed by atoms with E-state index in [1.807, 2.05) is 0 Å². The van der Waals surface area contributed by atoms with Crippen LogP contribution < -0.4 is 15.4 Å². The molecule has 3 aromatic rings. The number of aromatic nitrogens is 3. The van der Waals surface area contributed by atoms with Crippen LogP contribution in [0.25, 0.3) is 0 Å². The number of rotatable bonds is 8. The van der Waals surface area contributed by atoms with Crippen LogP contribution in [0.3, 0.4) is 0 Å². The zero-order valence-corrected chi connectivity index (χ0v) is 18.8. The van der Waals surface area contributed by atoms with Crippen molar-refractivity contribution >= 4 is 40.9 Å². The molecule has 2 amide bonds. The molecule has 0 aliphatic rings. The maximum absolute atomic E-state index is 12.5. The Balaban J connectivity index is 1.55. The summed E-state index contributed by atoms with van der Waals surface area (Å²) in [6.45, 7) is 2.00. The van der Waals surface area contributed by atoms with Gasteiger partial charge in [0.05, 0.1) is 18.9 Å². The average molecular weight is 460 g/mol. The molecule has 0 saturated heterocycles. The van der Waals surface area contributed by atoms with E-state index in [2.05, 4.69) is 20.8 Å². The third-order valence-corrected chi connectivity index (χ3v) is 5.83.